The third-order valence-electron chi connectivity index (χ3n) is 6.06. The minimum absolute atomic E-state index is 0.137. The summed E-state index contributed by atoms with van der Waals surface area (Å²) < 4.78 is 5.46. The quantitative estimate of drug-likeness (QED) is 0.378. The molecular formula is C21H26N10O3. The van der Waals surface area contributed by atoms with Crippen LogP contribution >= 0.6 is 0 Å². The van der Waals surface area contributed by atoms with Gasteiger partial charge in [0.25, 0.3) is 5.91 Å². The maximum absolute atomic E-state index is 12.8. The monoisotopic (exact) mass is 466 g/mol. The van der Waals surface area contributed by atoms with Gasteiger partial charge in [-0.1, -0.05) is 0 Å². The van der Waals surface area contributed by atoms with Gasteiger partial charge in [-0.2, -0.15) is 10.1 Å². The van der Waals surface area contributed by atoms with E-state index in [4.69, 9.17) is 20.4 Å². The first-order chi connectivity index (χ1) is 16.5. The van der Waals surface area contributed by atoms with Gasteiger partial charge in [-0.3, -0.25) is 9.89 Å². The number of H-pyrrole nitrogens is 1. The molecule has 178 valence electrons. The minimum Gasteiger partial charge on any atom is -0.394 e. The number of aromatic amines is 1. The molecule has 13 heteroatoms. The molecule has 1 amide bonds. The maximum atomic E-state index is 12.8. The van der Waals surface area contributed by atoms with Gasteiger partial charge in [0, 0.05) is 56.4 Å². The molecule has 2 aliphatic heterocycles. The van der Waals surface area contributed by atoms with Crippen molar-refractivity contribution in [3.63, 3.8) is 0 Å². The Morgan fingerprint density at radius 2 is 2.00 bits per heavy atom. The number of morpholine rings is 1. The molecule has 0 bridgehead atoms. The number of hydrogen-bond donors (Lipinski definition) is 4. The smallest absolute Gasteiger partial charge is 0.257 e. The average molecular weight is 467 g/mol. The van der Waals surface area contributed by atoms with Gasteiger partial charge in [0.1, 0.15) is 5.82 Å². The summed E-state index contributed by atoms with van der Waals surface area (Å²) >= 11 is 0. The van der Waals surface area contributed by atoms with E-state index in [0.717, 1.165) is 0 Å². The van der Waals surface area contributed by atoms with Crippen molar-refractivity contribution in [1.29, 1.82) is 0 Å². The number of hydrogen-bond acceptors (Lipinski definition) is 11. The standard InChI is InChI=1S/C21H26N10O3/c22-19-23-8-14(9-24-19)16-7-17(28-20(27-16)30-3-5-34-6-4-30)29-21(13-32)1-2-31(12-21)18(33)15-10-25-26-11-15/h7-11,32H,1-6,12-13H2,(H,25,26)(H2,22,23,24)(H,27,28,29)/t21-/m0/s1. The SMILES string of the molecule is Nc1ncc(-c2cc(N[C@@]3(CO)CCN(C(=O)c4cn[nH]c4)C3)nc(N3CCOCC3)n2)cn1. The summed E-state index contributed by atoms with van der Waals surface area (Å²) in [5.41, 5.74) is 6.69. The Labute approximate surface area is 195 Å². The highest BCUT2D eigenvalue weighted by Gasteiger charge is 2.40. The fraction of sp³-hybridized carbons (Fsp3) is 0.429. The van der Waals surface area contributed by atoms with E-state index in [1.165, 1.54) is 6.20 Å². The van der Waals surface area contributed by atoms with Crippen molar-refractivity contribution in [2.45, 2.75) is 12.0 Å². The highest BCUT2D eigenvalue weighted by Crippen LogP contribution is 2.29. The third-order valence-corrected chi connectivity index (χ3v) is 6.06. The second kappa shape index (κ2) is 9.19. The highest BCUT2D eigenvalue weighted by molar-refractivity contribution is 5.94. The van der Waals surface area contributed by atoms with Crippen LogP contribution in [-0.2, 0) is 4.74 Å². The summed E-state index contributed by atoms with van der Waals surface area (Å²) in [6, 6.07) is 1.79. The lowest BCUT2D eigenvalue weighted by atomic mass is 10.00. The van der Waals surface area contributed by atoms with Crippen LogP contribution in [0.4, 0.5) is 17.7 Å². The van der Waals surface area contributed by atoms with Gasteiger partial charge < -0.3 is 30.7 Å². The first-order valence-electron chi connectivity index (χ1n) is 11.0. The Morgan fingerprint density at radius 1 is 1.21 bits per heavy atom. The summed E-state index contributed by atoms with van der Waals surface area (Å²) in [6.07, 6.45) is 6.84. The predicted molar refractivity (Wildman–Crippen MR) is 123 cm³/mol. The minimum atomic E-state index is -0.745. The second-order valence-corrected chi connectivity index (χ2v) is 8.39. The molecule has 1 atom stereocenters. The molecule has 0 unspecified atom stereocenters. The van der Waals surface area contributed by atoms with Crippen LogP contribution in [-0.4, -0.2) is 97.6 Å². The van der Waals surface area contributed by atoms with Crippen molar-refractivity contribution in [1.82, 2.24) is 35.0 Å². The zero-order valence-electron chi connectivity index (χ0n) is 18.5. The molecule has 3 aromatic rings. The van der Waals surface area contributed by atoms with Crippen molar-refractivity contribution in [3.8, 4) is 11.3 Å². The summed E-state index contributed by atoms with van der Waals surface area (Å²) in [5.74, 6) is 1.12. The normalized spacial score (nSPS) is 20.5. The predicted octanol–water partition coefficient (Wildman–Crippen LogP) is -0.235. The van der Waals surface area contributed by atoms with Crippen LogP contribution in [0, 0.1) is 0 Å². The zero-order valence-corrected chi connectivity index (χ0v) is 18.5. The molecule has 0 spiro atoms. The number of nitrogen functional groups attached to an aromatic ring is 1. The number of carbonyl (C=O) groups is 1. The van der Waals surface area contributed by atoms with Crippen LogP contribution in [0.25, 0.3) is 11.3 Å². The van der Waals surface area contributed by atoms with Crippen LogP contribution in [0.5, 0.6) is 0 Å². The molecule has 0 aliphatic carbocycles. The highest BCUT2D eigenvalue weighted by atomic mass is 16.5. The van der Waals surface area contributed by atoms with Gasteiger partial charge >= 0.3 is 0 Å². The molecule has 0 radical (unpaired) electrons. The van der Waals surface area contributed by atoms with Gasteiger partial charge in [-0.15, -0.1) is 0 Å². The summed E-state index contributed by atoms with van der Waals surface area (Å²) in [6.45, 7) is 3.17. The van der Waals surface area contributed by atoms with Crippen LogP contribution in [0.15, 0.2) is 30.9 Å². The van der Waals surface area contributed by atoms with Gasteiger partial charge in [0.05, 0.1) is 42.8 Å². The number of nitrogens with two attached hydrogens (primary N) is 1. The summed E-state index contributed by atoms with van der Waals surface area (Å²) in [4.78, 5) is 34.1. The molecule has 5 heterocycles. The maximum Gasteiger partial charge on any atom is 0.257 e. The van der Waals surface area contributed by atoms with Crippen molar-refractivity contribution >= 4 is 23.6 Å². The topological polar surface area (TPSA) is 171 Å². The first-order valence-corrected chi connectivity index (χ1v) is 11.0. The lowest BCUT2D eigenvalue weighted by Gasteiger charge is -2.31. The van der Waals surface area contributed by atoms with Crippen LogP contribution < -0.4 is 16.0 Å². The number of aromatic nitrogens is 6. The third kappa shape index (κ3) is 4.47. The Kier molecular flexibility index (Phi) is 5.94. The Hall–Kier alpha value is -3.84. The molecule has 0 saturated carbocycles. The Morgan fingerprint density at radius 3 is 2.71 bits per heavy atom. The number of nitrogens with one attached hydrogen (secondary N) is 2. The van der Waals surface area contributed by atoms with Crippen molar-refractivity contribution < 1.29 is 14.6 Å². The van der Waals surface area contributed by atoms with Crippen molar-refractivity contribution in [3.05, 3.63) is 36.4 Å². The fourth-order valence-corrected chi connectivity index (χ4v) is 4.16. The number of likely N-dealkylation sites (tertiary alicyclic amines) is 1. The van der Waals surface area contributed by atoms with Gasteiger partial charge in [0.15, 0.2) is 0 Å². The lowest BCUT2D eigenvalue weighted by Crippen LogP contribution is -2.46. The fourth-order valence-electron chi connectivity index (χ4n) is 4.16. The van der Waals surface area contributed by atoms with Gasteiger partial charge in [-0.05, 0) is 6.42 Å². The molecule has 0 aromatic carbocycles. The van der Waals surface area contributed by atoms with Crippen LogP contribution in [0.3, 0.4) is 0 Å². The largest absolute Gasteiger partial charge is 0.394 e. The number of amides is 1. The van der Waals surface area contributed by atoms with Crippen molar-refractivity contribution in [2.24, 2.45) is 0 Å². The molecule has 34 heavy (non-hydrogen) atoms. The number of nitrogens with zero attached hydrogens (tertiary/aromatic N) is 7. The van der Waals surface area contributed by atoms with E-state index in [1.54, 1.807) is 29.6 Å². The van der Waals surface area contributed by atoms with E-state index >= 15 is 0 Å². The number of rotatable bonds is 6. The zero-order chi connectivity index (χ0) is 23.5. The van der Waals surface area contributed by atoms with E-state index in [2.05, 4.69) is 25.5 Å². The molecule has 13 nitrogen and oxygen atoms in total. The number of carbonyl (C=O) groups excluding carboxylic acids is 1. The van der Waals surface area contributed by atoms with E-state index < -0.39 is 5.54 Å². The van der Waals surface area contributed by atoms with E-state index in [1.807, 2.05) is 4.90 Å². The molecular weight excluding hydrogens is 440 g/mol. The molecule has 2 aliphatic rings. The van der Waals surface area contributed by atoms with Gasteiger partial charge in [-0.25, -0.2) is 15.0 Å². The van der Waals surface area contributed by atoms with E-state index in [0.29, 0.717) is 74.4 Å². The number of anilines is 3. The average Bonchev–Trinajstić information content (AvgIpc) is 3.56. The molecule has 5 N–H and O–H groups in total. The first kappa shape index (κ1) is 22.0. The number of aliphatic hydroxyl groups excluding tert-OH is 1. The molecule has 5 rings (SSSR count). The van der Waals surface area contributed by atoms with Crippen LogP contribution in [0.1, 0.15) is 16.8 Å². The molecule has 2 saturated heterocycles. The molecule has 3 aromatic heterocycles. The molecule has 2 fully saturated rings. The summed E-state index contributed by atoms with van der Waals surface area (Å²) in [7, 11) is 0. The van der Waals surface area contributed by atoms with E-state index in [-0.39, 0.29) is 18.5 Å². The Bertz CT molecular complexity index is 1130. The Balaban J connectivity index is 1.44. The second-order valence-electron chi connectivity index (χ2n) is 8.39. The van der Waals surface area contributed by atoms with E-state index in [9.17, 15) is 9.90 Å². The number of aliphatic hydroxyl groups is 1. The number of ether oxygens (including phenoxy) is 1. The lowest BCUT2D eigenvalue weighted by molar-refractivity contribution is 0.0779. The van der Waals surface area contributed by atoms with Crippen LogP contribution in [0.2, 0.25) is 0 Å². The van der Waals surface area contributed by atoms with Gasteiger partial charge in [0.2, 0.25) is 11.9 Å². The summed E-state index contributed by atoms with van der Waals surface area (Å²) in [5, 5.41) is 20.2. The van der Waals surface area contributed by atoms with Crippen molar-refractivity contribution in [2.75, 3.05) is 62.0 Å².